The van der Waals surface area contributed by atoms with Crippen LogP contribution in [-0.4, -0.2) is 26.8 Å². The van der Waals surface area contributed by atoms with E-state index in [1.807, 2.05) is 19.1 Å². The van der Waals surface area contributed by atoms with Crippen LogP contribution in [-0.2, 0) is 13.5 Å². The van der Waals surface area contributed by atoms with Gasteiger partial charge in [0.1, 0.15) is 0 Å². The second-order valence-electron chi connectivity index (χ2n) is 4.86. The molecule has 5 nitrogen and oxygen atoms in total. The summed E-state index contributed by atoms with van der Waals surface area (Å²) in [5.74, 6) is 0.737. The van der Waals surface area contributed by atoms with Crippen LogP contribution in [0.15, 0.2) is 18.2 Å². The standard InChI is InChI=1S/C14H20ClN5/c1-4-8-16-13(9-14-17-19-20(3)18-14)11-6-5-7-12(15)10(11)2/h5-7,13,16H,4,8-9H2,1-3H3. The van der Waals surface area contributed by atoms with E-state index in [0.29, 0.717) is 6.42 Å². The van der Waals surface area contributed by atoms with Crippen LogP contribution in [0.25, 0.3) is 0 Å². The first-order valence-corrected chi connectivity index (χ1v) is 7.21. The third-order valence-electron chi connectivity index (χ3n) is 3.26. The maximum Gasteiger partial charge on any atom is 0.176 e. The molecule has 1 aromatic heterocycles. The summed E-state index contributed by atoms with van der Waals surface area (Å²) in [7, 11) is 1.77. The highest BCUT2D eigenvalue weighted by Crippen LogP contribution is 2.26. The van der Waals surface area contributed by atoms with E-state index < -0.39 is 0 Å². The topological polar surface area (TPSA) is 55.6 Å². The van der Waals surface area contributed by atoms with Crippen molar-refractivity contribution >= 4 is 11.6 Å². The number of rotatable bonds is 6. The normalized spacial score (nSPS) is 12.6. The van der Waals surface area contributed by atoms with E-state index in [-0.39, 0.29) is 6.04 Å². The lowest BCUT2D eigenvalue weighted by Crippen LogP contribution is -2.25. The summed E-state index contributed by atoms with van der Waals surface area (Å²) in [6.45, 7) is 5.13. The lowest BCUT2D eigenvalue weighted by Gasteiger charge is -2.20. The van der Waals surface area contributed by atoms with Gasteiger partial charge in [-0.05, 0) is 42.3 Å². The SMILES string of the molecule is CCCNC(Cc1nnn(C)n1)c1cccc(Cl)c1C. The molecule has 108 valence electrons. The highest BCUT2D eigenvalue weighted by molar-refractivity contribution is 6.31. The zero-order valence-electron chi connectivity index (χ0n) is 12.1. The molecule has 1 heterocycles. The first-order valence-electron chi connectivity index (χ1n) is 6.83. The monoisotopic (exact) mass is 293 g/mol. The van der Waals surface area contributed by atoms with Gasteiger partial charge in [-0.15, -0.1) is 10.2 Å². The Labute approximate surface area is 124 Å². The minimum atomic E-state index is 0.151. The number of halogens is 1. The molecule has 1 unspecified atom stereocenters. The molecular formula is C14H20ClN5. The fourth-order valence-electron chi connectivity index (χ4n) is 2.20. The molecule has 0 aliphatic rings. The highest BCUT2D eigenvalue weighted by Gasteiger charge is 2.17. The van der Waals surface area contributed by atoms with Gasteiger partial charge in [-0.25, -0.2) is 0 Å². The van der Waals surface area contributed by atoms with Gasteiger partial charge in [0.15, 0.2) is 5.82 Å². The summed E-state index contributed by atoms with van der Waals surface area (Å²) in [6, 6.07) is 6.15. The van der Waals surface area contributed by atoms with Crippen LogP contribution in [0.4, 0.5) is 0 Å². The Morgan fingerprint density at radius 2 is 2.20 bits per heavy atom. The molecule has 0 fully saturated rings. The van der Waals surface area contributed by atoms with E-state index in [1.54, 1.807) is 7.05 Å². The molecule has 0 aliphatic heterocycles. The van der Waals surface area contributed by atoms with Crippen molar-refractivity contribution in [2.45, 2.75) is 32.7 Å². The molecule has 1 aromatic carbocycles. The molecule has 20 heavy (non-hydrogen) atoms. The van der Waals surface area contributed by atoms with Gasteiger partial charge in [-0.3, -0.25) is 0 Å². The number of hydrogen-bond acceptors (Lipinski definition) is 4. The smallest absolute Gasteiger partial charge is 0.176 e. The lowest BCUT2D eigenvalue weighted by molar-refractivity contribution is 0.515. The fraction of sp³-hybridized carbons (Fsp3) is 0.500. The van der Waals surface area contributed by atoms with Gasteiger partial charge in [0, 0.05) is 17.5 Å². The van der Waals surface area contributed by atoms with E-state index in [2.05, 4.69) is 33.7 Å². The van der Waals surface area contributed by atoms with E-state index >= 15 is 0 Å². The Morgan fingerprint density at radius 1 is 1.40 bits per heavy atom. The molecule has 2 rings (SSSR count). The first-order chi connectivity index (χ1) is 9.61. The molecule has 2 aromatic rings. The van der Waals surface area contributed by atoms with Crippen molar-refractivity contribution in [2.75, 3.05) is 6.54 Å². The van der Waals surface area contributed by atoms with Crippen molar-refractivity contribution in [1.82, 2.24) is 25.5 Å². The zero-order chi connectivity index (χ0) is 14.5. The number of tetrazole rings is 1. The van der Waals surface area contributed by atoms with Crippen molar-refractivity contribution in [3.8, 4) is 0 Å². The van der Waals surface area contributed by atoms with Gasteiger partial charge in [-0.2, -0.15) is 4.80 Å². The van der Waals surface area contributed by atoms with Gasteiger partial charge >= 0.3 is 0 Å². The quantitative estimate of drug-likeness (QED) is 0.889. The first kappa shape index (κ1) is 14.9. The molecule has 0 spiro atoms. The van der Waals surface area contributed by atoms with Crippen LogP contribution in [0.1, 0.15) is 36.3 Å². The molecule has 0 amide bonds. The summed E-state index contributed by atoms with van der Waals surface area (Å²) in [5.41, 5.74) is 2.30. The molecule has 0 saturated heterocycles. The van der Waals surface area contributed by atoms with Crippen molar-refractivity contribution < 1.29 is 0 Å². The molecule has 1 atom stereocenters. The van der Waals surface area contributed by atoms with Crippen LogP contribution in [0.2, 0.25) is 5.02 Å². The number of aryl methyl sites for hydroxylation is 1. The molecule has 1 N–H and O–H groups in total. The van der Waals surface area contributed by atoms with Crippen molar-refractivity contribution in [2.24, 2.45) is 7.05 Å². The fourth-order valence-corrected chi connectivity index (χ4v) is 2.38. The molecule has 0 radical (unpaired) electrons. The Hall–Kier alpha value is -1.46. The summed E-state index contributed by atoms with van der Waals surface area (Å²) in [6.07, 6.45) is 1.78. The van der Waals surface area contributed by atoms with Crippen molar-refractivity contribution in [1.29, 1.82) is 0 Å². The Bertz CT molecular complexity index is 566. The van der Waals surface area contributed by atoms with Crippen molar-refractivity contribution in [3.63, 3.8) is 0 Å². The minimum Gasteiger partial charge on any atom is -0.310 e. The predicted octanol–water partition coefficient (Wildman–Crippen LogP) is 2.46. The summed E-state index contributed by atoms with van der Waals surface area (Å²) in [5, 5.41) is 16.5. The highest BCUT2D eigenvalue weighted by atomic mass is 35.5. The third kappa shape index (κ3) is 3.55. The largest absolute Gasteiger partial charge is 0.310 e. The van der Waals surface area contributed by atoms with Crippen LogP contribution in [0.5, 0.6) is 0 Å². The number of hydrogen-bond donors (Lipinski definition) is 1. The second kappa shape index (κ2) is 6.81. The molecule has 0 bridgehead atoms. The average molecular weight is 294 g/mol. The van der Waals surface area contributed by atoms with E-state index in [0.717, 1.165) is 29.4 Å². The minimum absolute atomic E-state index is 0.151. The van der Waals surface area contributed by atoms with Gasteiger partial charge in [0.25, 0.3) is 0 Å². The van der Waals surface area contributed by atoms with Gasteiger partial charge < -0.3 is 5.32 Å². The van der Waals surface area contributed by atoms with Crippen LogP contribution >= 0.6 is 11.6 Å². The molecule has 0 saturated carbocycles. The Balaban J connectivity index is 2.24. The summed E-state index contributed by atoms with van der Waals surface area (Å²) >= 11 is 6.22. The van der Waals surface area contributed by atoms with Gasteiger partial charge in [-0.1, -0.05) is 30.7 Å². The van der Waals surface area contributed by atoms with Gasteiger partial charge in [0.05, 0.1) is 7.05 Å². The van der Waals surface area contributed by atoms with Gasteiger partial charge in [0.2, 0.25) is 0 Å². The van der Waals surface area contributed by atoms with Crippen LogP contribution in [0.3, 0.4) is 0 Å². The number of nitrogens with zero attached hydrogens (tertiary/aromatic N) is 4. The van der Waals surface area contributed by atoms with E-state index in [1.165, 1.54) is 10.4 Å². The second-order valence-corrected chi connectivity index (χ2v) is 5.27. The maximum atomic E-state index is 6.22. The van der Waals surface area contributed by atoms with E-state index in [4.69, 9.17) is 11.6 Å². The van der Waals surface area contributed by atoms with Crippen molar-refractivity contribution in [3.05, 3.63) is 40.2 Å². The number of benzene rings is 1. The summed E-state index contributed by atoms with van der Waals surface area (Å²) < 4.78 is 0. The predicted molar refractivity (Wildman–Crippen MR) is 79.7 cm³/mol. The average Bonchev–Trinajstić information content (AvgIpc) is 2.83. The van der Waals surface area contributed by atoms with E-state index in [9.17, 15) is 0 Å². The molecular weight excluding hydrogens is 274 g/mol. The lowest BCUT2D eigenvalue weighted by atomic mass is 9.98. The Kier molecular flexibility index (Phi) is 5.09. The Morgan fingerprint density at radius 3 is 2.85 bits per heavy atom. The third-order valence-corrected chi connectivity index (χ3v) is 3.67. The maximum absolute atomic E-state index is 6.22. The number of nitrogens with one attached hydrogen (secondary N) is 1. The summed E-state index contributed by atoms with van der Waals surface area (Å²) in [4.78, 5) is 1.48. The van der Waals surface area contributed by atoms with Crippen LogP contribution in [0, 0.1) is 6.92 Å². The van der Waals surface area contributed by atoms with Crippen LogP contribution < -0.4 is 5.32 Å². The molecule has 6 heteroatoms. The zero-order valence-corrected chi connectivity index (χ0v) is 12.9. The molecule has 0 aliphatic carbocycles. The number of aromatic nitrogens is 4.